The molecule has 1 aromatic heterocycles. The Bertz CT molecular complexity index is 503. The lowest BCUT2D eigenvalue weighted by Crippen LogP contribution is -2.24. The Kier molecular flexibility index (Phi) is 3.33. The number of rotatable bonds is 3. The molecule has 17 heavy (non-hydrogen) atoms. The topological polar surface area (TPSA) is 77.2 Å². The van der Waals surface area contributed by atoms with Crippen LogP contribution in [0.3, 0.4) is 0 Å². The summed E-state index contributed by atoms with van der Waals surface area (Å²) in [5, 5.41) is 0. The van der Waals surface area contributed by atoms with Crippen LogP contribution in [0.1, 0.15) is 36.2 Å². The third-order valence-electron chi connectivity index (χ3n) is 3.04. The zero-order valence-corrected chi connectivity index (χ0v) is 10.5. The van der Waals surface area contributed by atoms with Crippen molar-refractivity contribution in [3.05, 3.63) is 17.8 Å². The SMILES string of the molecule is CC(=O)c1cnc(CC2CCS(=O)(=O)CC2)o1. The van der Waals surface area contributed by atoms with Crippen LogP contribution in [0.2, 0.25) is 0 Å². The van der Waals surface area contributed by atoms with Crippen LogP contribution in [0, 0.1) is 5.92 Å². The molecule has 0 unspecified atom stereocenters. The Balaban J connectivity index is 1.95. The predicted molar refractivity (Wildman–Crippen MR) is 61.6 cm³/mol. The minimum absolute atomic E-state index is 0.144. The molecule has 0 spiro atoms. The third-order valence-corrected chi connectivity index (χ3v) is 4.75. The number of carbonyl (C=O) groups is 1. The molecule has 2 heterocycles. The van der Waals surface area contributed by atoms with Crippen LogP contribution in [-0.4, -0.2) is 30.7 Å². The zero-order valence-electron chi connectivity index (χ0n) is 9.68. The summed E-state index contributed by atoms with van der Waals surface area (Å²) in [5.74, 6) is 1.44. The van der Waals surface area contributed by atoms with E-state index in [1.54, 1.807) is 0 Å². The van der Waals surface area contributed by atoms with Crippen LogP contribution in [0.15, 0.2) is 10.6 Å². The monoisotopic (exact) mass is 257 g/mol. The molecule has 0 atom stereocenters. The second-order valence-electron chi connectivity index (χ2n) is 4.47. The molecule has 0 bridgehead atoms. The summed E-state index contributed by atoms with van der Waals surface area (Å²) in [6, 6.07) is 0. The first-order valence-electron chi connectivity index (χ1n) is 5.62. The van der Waals surface area contributed by atoms with Gasteiger partial charge in [-0.1, -0.05) is 0 Å². The first-order chi connectivity index (χ1) is 7.96. The van der Waals surface area contributed by atoms with Crippen molar-refractivity contribution >= 4 is 15.6 Å². The van der Waals surface area contributed by atoms with Gasteiger partial charge in [-0.15, -0.1) is 0 Å². The van der Waals surface area contributed by atoms with E-state index in [0.717, 1.165) is 0 Å². The van der Waals surface area contributed by atoms with Crippen molar-refractivity contribution in [1.82, 2.24) is 4.98 Å². The molecule has 1 fully saturated rings. The van der Waals surface area contributed by atoms with Crippen LogP contribution in [0.4, 0.5) is 0 Å². The Labute approximate surface area is 100 Å². The maximum atomic E-state index is 11.3. The molecule has 0 aromatic carbocycles. The van der Waals surface area contributed by atoms with Crippen molar-refractivity contribution in [1.29, 1.82) is 0 Å². The van der Waals surface area contributed by atoms with Gasteiger partial charge in [0.05, 0.1) is 17.7 Å². The van der Waals surface area contributed by atoms with Gasteiger partial charge in [0, 0.05) is 13.3 Å². The molecule has 0 saturated carbocycles. The van der Waals surface area contributed by atoms with Crippen molar-refractivity contribution in [3.8, 4) is 0 Å². The molecule has 0 aliphatic carbocycles. The molecule has 5 nitrogen and oxygen atoms in total. The average molecular weight is 257 g/mol. The third kappa shape index (κ3) is 3.15. The second-order valence-corrected chi connectivity index (χ2v) is 6.78. The summed E-state index contributed by atoms with van der Waals surface area (Å²) in [6.45, 7) is 1.43. The van der Waals surface area contributed by atoms with E-state index < -0.39 is 9.84 Å². The van der Waals surface area contributed by atoms with E-state index in [9.17, 15) is 13.2 Å². The van der Waals surface area contributed by atoms with Crippen LogP contribution in [-0.2, 0) is 16.3 Å². The second kappa shape index (κ2) is 4.60. The van der Waals surface area contributed by atoms with E-state index in [1.807, 2.05) is 0 Å². The Hall–Kier alpha value is -1.17. The van der Waals surface area contributed by atoms with Gasteiger partial charge in [-0.05, 0) is 18.8 Å². The van der Waals surface area contributed by atoms with Crippen molar-refractivity contribution < 1.29 is 17.6 Å². The summed E-state index contributed by atoms with van der Waals surface area (Å²) in [6.07, 6.45) is 3.35. The Morgan fingerprint density at radius 3 is 2.65 bits per heavy atom. The summed E-state index contributed by atoms with van der Waals surface area (Å²) < 4.78 is 27.8. The highest BCUT2D eigenvalue weighted by Crippen LogP contribution is 2.22. The fraction of sp³-hybridized carbons (Fsp3) is 0.636. The number of sulfone groups is 1. The number of hydrogen-bond acceptors (Lipinski definition) is 5. The van der Waals surface area contributed by atoms with Gasteiger partial charge in [0.15, 0.2) is 17.4 Å². The van der Waals surface area contributed by atoms with Gasteiger partial charge in [0.1, 0.15) is 9.84 Å². The fourth-order valence-corrected chi connectivity index (χ4v) is 3.55. The smallest absolute Gasteiger partial charge is 0.196 e. The molecule has 0 amide bonds. The van der Waals surface area contributed by atoms with Crippen LogP contribution in [0.25, 0.3) is 0 Å². The lowest BCUT2D eigenvalue weighted by molar-refractivity contribution is 0.0985. The van der Waals surface area contributed by atoms with Gasteiger partial charge in [0.25, 0.3) is 0 Å². The minimum atomic E-state index is -2.82. The molecular formula is C11H15NO4S. The number of carbonyl (C=O) groups excluding carboxylic acids is 1. The summed E-state index contributed by atoms with van der Waals surface area (Å²) in [4.78, 5) is 15.1. The lowest BCUT2D eigenvalue weighted by Gasteiger charge is -2.20. The molecule has 0 radical (unpaired) electrons. The van der Waals surface area contributed by atoms with E-state index in [4.69, 9.17) is 4.42 Å². The van der Waals surface area contributed by atoms with Crippen LogP contribution in [0.5, 0.6) is 0 Å². The number of nitrogens with zero attached hydrogens (tertiary/aromatic N) is 1. The molecule has 1 aromatic rings. The number of oxazole rings is 1. The lowest BCUT2D eigenvalue weighted by atomic mass is 9.99. The summed E-state index contributed by atoms with van der Waals surface area (Å²) in [5.41, 5.74) is 0. The fourth-order valence-electron chi connectivity index (χ4n) is 1.96. The standard InChI is InChI=1S/C11H15NO4S/c1-8(13)10-7-12-11(16-10)6-9-2-4-17(14,15)5-3-9/h7,9H,2-6H2,1H3. The molecule has 2 rings (SSSR count). The van der Waals surface area contributed by atoms with Gasteiger partial charge in [-0.25, -0.2) is 13.4 Å². The van der Waals surface area contributed by atoms with Gasteiger partial charge < -0.3 is 4.42 Å². The van der Waals surface area contributed by atoms with Crippen molar-refractivity contribution in [3.63, 3.8) is 0 Å². The van der Waals surface area contributed by atoms with E-state index in [0.29, 0.717) is 25.2 Å². The maximum Gasteiger partial charge on any atom is 0.196 e. The molecule has 1 aliphatic heterocycles. The van der Waals surface area contributed by atoms with Gasteiger partial charge in [-0.3, -0.25) is 4.79 Å². The normalized spacial score (nSPS) is 20.3. The van der Waals surface area contributed by atoms with Crippen molar-refractivity contribution in [2.45, 2.75) is 26.2 Å². The van der Waals surface area contributed by atoms with E-state index in [-0.39, 0.29) is 29.0 Å². The quantitative estimate of drug-likeness (QED) is 0.761. The first kappa shape index (κ1) is 12.3. The number of hydrogen-bond donors (Lipinski definition) is 0. The number of aromatic nitrogens is 1. The van der Waals surface area contributed by atoms with Gasteiger partial charge >= 0.3 is 0 Å². The maximum absolute atomic E-state index is 11.3. The predicted octanol–water partition coefficient (Wildman–Crippen LogP) is 1.24. The molecular weight excluding hydrogens is 242 g/mol. The van der Waals surface area contributed by atoms with Crippen LogP contribution < -0.4 is 0 Å². The molecule has 1 saturated heterocycles. The first-order valence-corrected chi connectivity index (χ1v) is 7.44. The molecule has 1 aliphatic rings. The van der Waals surface area contributed by atoms with E-state index in [2.05, 4.69) is 4.98 Å². The zero-order chi connectivity index (χ0) is 12.5. The Morgan fingerprint density at radius 2 is 2.12 bits per heavy atom. The summed E-state index contributed by atoms with van der Waals surface area (Å²) in [7, 11) is -2.82. The molecule has 0 N–H and O–H groups in total. The van der Waals surface area contributed by atoms with E-state index >= 15 is 0 Å². The Morgan fingerprint density at radius 1 is 1.47 bits per heavy atom. The van der Waals surface area contributed by atoms with Gasteiger partial charge in [0.2, 0.25) is 0 Å². The largest absolute Gasteiger partial charge is 0.438 e. The molecule has 6 heteroatoms. The molecule has 94 valence electrons. The average Bonchev–Trinajstić information content (AvgIpc) is 2.70. The minimum Gasteiger partial charge on any atom is -0.438 e. The van der Waals surface area contributed by atoms with Crippen molar-refractivity contribution in [2.24, 2.45) is 5.92 Å². The summed E-state index contributed by atoms with van der Waals surface area (Å²) >= 11 is 0. The highest BCUT2D eigenvalue weighted by molar-refractivity contribution is 7.91. The van der Waals surface area contributed by atoms with Crippen molar-refractivity contribution in [2.75, 3.05) is 11.5 Å². The highest BCUT2D eigenvalue weighted by atomic mass is 32.2. The van der Waals surface area contributed by atoms with E-state index in [1.165, 1.54) is 13.1 Å². The number of ketones is 1. The van der Waals surface area contributed by atoms with Gasteiger partial charge in [-0.2, -0.15) is 0 Å². The van der Waals surface area contributed by atoms with Crippen LogP contribution >= 0.6 is 0 Å². The number of Topliss-reactive ketones (excluding diaryl/α,β-unsaturated/α-hetero) is 1. The highest BCUT2D eigenvalue weighted by Gasteiger charge is 2.25.